The van der Waals surface area contributed by atoms with Crippen molar-refractivity contribution in [3.05, 3.63) is 63.7 Å². The molecule has 0 heterocycles. The molecule has 22 heavy (non-hydrogen) atoms. The Hall–Kier alpha value is -2.55. The molecule has 0 aliphatic carbocycles. The van der Waals surface area contributed by atoms with Gasteiger partial charge >= 0.3 is 15.8 Å². The molecule has 0 aliphatic rings. The van der Waals surface area contributed by atoms with Gasteiger partial charge < -0.3 is 4.18 Å². The summed E-state index contributed by atoms with van der Waals surface area (Å²) in [6.45, 7) is 1.35. The van der Waals surface area contributed by atoms with Crippen molar-refractivity contribution in [3.63, 3.8) is 0 Å². The average Bonchev–Trinajstić information content (AvgIpc) is 2.41. The number of rotatable bonds is 4. The minimum absolute atomic E-state index is 0.0541. The molecule has 0 spiro atoms. The normalized spacial score (nSPS) is 11.2. The number of hydrogen-bond donors (Lipinski definition) is 0. The highest BCUT2D eigenvalue weighted by atomic mass is 32.2. The summed E-state index contributed by atoms with van der Waals surface area (Å²) in [7, 11) is -4.46. The van der Waals surface area contributed by atoms with Crippen LogP contribution in [0.3, 0.4) is 0 Å². The number of nitro benzene ring substituents is 1. The zero-order chi connectivity index (χ0) is 16.5. The molecule has 0 bridgehead atoms. The summed E-state index contributed by atoms with van der Waals surface area (Å²) in [6.07, 6.45) is 0. The van der Waals surface area contributed by atoms with E-state index in [4.69, 9.17) is 0 Å². The molecule has 0 amide bonds. The predicted molar refractivity (Wildman–Crippen MR) is 72.0 cm³/mol. The Morgan fingerprint density at radius 2 is 1.82 bits per heavy atom. The summed E-state index contributed by atoms with van der Waals surface area (Å²) in [6, 6.07) is 5.06. The quantitative estimate of drug-likeness (QED) is 0.489. The highest BCUT2D eigenvalue weighted by Crippen LogP contribution is 2.30. The van der Waals surface area contributed by atoms with Crippen LogP contribution in [-0.4, -0.2) is 13.3 Å². The minimum Gasteiger partial charge on any atom is -0.371 e. The van der Waals surface area contributed by atoms with Crippen molar-refractivity contribution in [2.24, 2.45) is 0 Å². The van der Waals surface area contributed by atoms with E-state index in [-0.39, 0.29) is 5.56 Å². The molecule has 0 unspecified atom stereocenters. The molecule has 2 aromatic carbocycles. The summed E-state index contributed by atoms with van der Waals surface area (Å²) < 4.78 is 55.1. The van der Waals surface area contributed by atoms with Crippen LogP contribution >= 0.6 is 0 Å². The van der Waals surface area contributed by atoms with Gasteiger partial charge in [0.05, 0.1) is 4.92 Å². The largest absolute Gasteiger partial charge is 0.371 e. The maximum Gasteiger partial charge on any atom is 0.339 e. The minimum atomic E-state index is -4.46. The highest BCUT2D eigenvalue weighted by molar-refractivity contribution is 7.87. The van der Waals surface area contributed by atoms with E-state index in [1.54, 1.807) is 0 Å². The van der Waals surface area contributed by atoms with E-state index in [0.29, 0.717) is 6.07 Å². The van der Waals surface area contributed by atoms with E-state index in [1.165, 1.54) is 6.92 Å². The summed E-state index contributed by atoms with van der Waals surface area (Å²) in [5.41, 5.74) is -0.651. The molecule has 6 nitrogen and oxygen atoms in total. The molecule has 0 fully saturated rings. The Labute approximate surface area is 124 Å². The molecular weight excluding hydrogens is 320 g/mol. The maximum absolute atomic E-state index is 13.2. The van der Waals surface area contributed by atoms with Gasteiger partial charge in [0.2, 0.25) is 5.75 Å². The third-order valence-electron chi connectivity index (χ3n) is 2.74. The molecule has 116 valence electrons. The second-order valence-electron chi connectivity index (χ2n) is 4.32. The third kappa shape index (κ3) is 3.19. The van der Waals surface area contributed by atoms with E-state index in [0.717, 1.165) is 30.3 Å². The van der Waals surface area contributed by atoms with Gasteiger partial charge in [0.25, 0.3) is 0 Å². The molecule has 0 N–H and O–H groups in total. The van der Waals surface area contributed by atoms with Crippen LogP contribution in [0.4, 0.5) is 14.5 Å². The second-order valence-corrected chi connectivity index (χ2v) is 5.86. The molecule has 0 atom stereocenters. The van der Waals surface area contributed by atoms with Crippen LogP contribution in [-0.2, 0) is 10.1 Å². The van der Waals surface area contributed by atoms with Crippen molar-refractivity contribution in [1.29, 1.82) is 0 Å². The van der Waals surface area contributed by atoms with Gasteiger partial charge in [-0.15, -0.1) is 0 Å². The first-order chi connectivity index (χ1) is 10.2. The van der Waals surface area contributed by atoms with Crippen molar-refractivity contribution in [3.8, 4) is 5.75 Å². The number of halogens is 2. The van der Waals surface area contributed by atoms with Crippen molar-refractivity contribution in [2.75, 3.05) is 0 Å². The van der Waals surface area contributed by atoms with Gasteiger partial charge in [0.1, 0.15) is 16.5 Å². The van der Waals surface area contributed by atoms with Gasteiger partial charge in [-0.05, 0) is 36.8 Å². The van der Waals surface area contributed by atoms with Crippen molar-refractivity contribution < 1.29 is 26.3 Å². The fourth-order valence-corrected chi connectivity index (χ4v) is 2.67. The summed E-state index contributed by atoms with van der Waals surface area (Å²) >= 11 is 0. The first-order valence-corrected chi connectivity index (χ1v) is 7.26. The Balaban J connectivity index is 2.47. The summed E-state index contributed by atoms with van der Waals surface area (Å²) in [5, 5.41) is 10.8. The van der Waals surface area contributed by atoms with E-state index in [1.807, 2.05) is 0 Å². The summed E-state index contributed by atoms with van der Waals surface area (Å²) in [4.78, 5) is 9.51. The zero-order valence-corrected chi connectivity index (χ0v) is 11.9. The molecule has 0 saturated heterocycles. The third-order valence-corrected chi connectivity index (χ3v) is 3.97. The molecule has 9 heteroatoms. The highest BCUT2D eigenvalue weighted by Gasteiger charge is 2.24. The predicted octanol–water partition coefficient (Wildman–Crippen LogP) is 2.95. The fraction of sp³-hybridized carbons (Fsp3) is 0.0769. The lowest BCUT2D eigenvalue weighted by Crippen LogP contribution is -2.11. The van der Waals surface area contributed by atoms with Crippen LogP contribution in [0.5, 0.6) is 5.75 Å². The Morgan fingerprint density at radius 1 is 1.14 bits per heavy atom. The lowest BCUT2D eigenvalue weighted by atomic mass is 10.2. The van der Waals surface area contributed by atoms with Gasteiger partial charge in [-0.2, -0.15) is 8.42 Å². The first-order valence-electron chi connectivity index (χ1n) is 5.85. The number of hydrogen-bond acceptors (Lipinski definition) is 5. The Kier molecular flexibility index (Phi) is 4.09. The average molecular weight is 329 g/mol. The van der Waals surface area contributed by atoms with Gasteiger partial charge in [-0.3, -0.25) is 10.1 Å². The molecule has 0 saturated carbocycles. The molecule has 0 aromatic heterocycles. The van der Waals surface area contributed by atoms with E-state index in [9.17, 15) is 27.3 Å². The van der Waals surface area contributed by atoms with E-state index < -0.39 is 43.0 Å². The molecule has 2 aromatic rings. The smallest absolute Gasteiger partial charge is 0.339 e. The topological polar surface area (TPSA) is 86.5 Å². The van der Waals surface area contributed by atoms with Crippen LogP contribution in [0.25, 0.3) is 0 Å². The van der Waals surface area contributed by atoms with E-state index in [2.05, 4.69) is 4.18 Å². The van der Waals surface area contributed by atoms with Crippen LogP contribution in [0.1, 0.15) is 5.56 Å². The number of benzene rings is 2. The lowest BCUT2D eigenvalue weighted by molar-refractivity contribution is -0.385. The van der Waals surface area contributed by atoms with Crippen LogP contribution < -0.4 is 4.18 Å². The first kappa shape index (κ1) is 15.8. The van der Waals surface area contributed by atoms with Gasteiger partial charge in [0.15, 0.2) is 0 Å². The maximum atomic E-state index is 13.2. The number of aryl methyl sites for hydroxylation is 1. The van der Waals surface area contributed by atoms with Gasteiger partial charge in [-0.1, -0.05) is 0 Å². The molecule has 0 aliphatic heterocycles. The SMILES string of the molecule is Cc1cc(S(=O)(=O)Oc2cc(F)ccc2[N+](=O)[O-])ccc1F. The van der Waals surface area contributed by atoms with Crippen molar-refractivity contribution in [1.82, 2.24) is 0 Å². The van der Waals surface area contributed by atoms with Crippen LogP contribution in [0, 0.1) is 28.7 Å². The molecular formula is C13H9F2NO5S. The Morgan fingerprint density at radius 3 is 2.41 bits per heavy atom. The number of nitrogens with zero attached hydrogens (tertiary/aromatic N) is 1. The lowest BCUT2D eigenvalue weighted by Gasteiger charge is -2.08. The number of nitro groups is 1. The Bertz CT molecular complexity index is 852. The summed E-state index contributed by atoms with van der Waals surface area (Å²) in [5.74, 6) is -2.27. The van der Waals surface area contributed by atoms with Gasteiger partial charge in [-0.25, -0.2) is 8.78 Å². The molecule has 2 rings (SSSR count). The zero-order valence-electron chi connectivity index (χ0n) is 11.1. The van der Waals surface area contributed by atoms with Crippen molar-refractivity contribution in [2.45, 2.75) is 11.8 Å². The van der Waals surface area contributed by atoms with Crippen LogP contribution in [0.2, 0.25) is 0 Å². The van der Waals surface area contributed by atoms with Crippen LogP contribution in [0.15, 0.2) is 41.3 Å². The second kappa shape index (κ2) is 5.68. The standard InChI is InChI=1S/C13H9F2NO5S/c1-8-6-10(3-4-11(8)15)22(19,20)21-13-7-9(14)2-5-12(13)16(17)18/h2-7H,1H3. The molecule has 0 radical (unpaired) electrons. The van der Waals surface area contributed by atoms with Crippen molar-refractivity contribution >= 4 is 15.8 Å². The van der Waals surface area contributed by atoms with E-state index >= 15 is 0 Å². The monoisotopic (exact) mass is 329 g/mol. The fourth-order valence-electron chi connectivity index (χ4n) is 1.64. The van der Waals surface area contributed by atoms with Gasteiger partial charge in [0, 0.05) is 12.1 Å².